The van der Waals surface area contributed by atoms with Gasteiger partial charge in [0.1, 0.15) is 29.4 Å². The number of carbonyl (C=O) groups excluding carboxylic acids is 2. The predicted octanol–water partition coefficient (Wildman–Crippen LogP) is 1.75. The minimum Gasteiger partial charge on any atom is -0.466 e. The Balaban J connectivity index is 2.20. The summed E-state index contributed by atoms with van der Waals surface area (Å²) in [5.74, 6) is -1.15. The molecule has 29 heavy (non-hydrogen) atoms. The summed E-state index contributed by atoms with van der Waals surface area (Å²) in [6, 6.07) is 5.64. The van der Waals surface area contributed by atoms with Crippen LogP contribution in [0, 0.1) is 4.91 Å². The molecular weight excluding hydrogens is 404 g/mol. The molecule has 0 spiro atoms. The quantitative estimate of drug-likeness (QED) is 0.239. The molecule has 1 heterocycles. The second-order valence-electron chi connectivity index (χ2n) is 6.41. The van der Waals surface area contributed by atoms with Gasteiger partial charge in [-0.1, -0.05) is 12.1 Å². The summed E-state index contributed by atoms with van der Waals surface area (Å²) in [5.41, 5.74) is -1.53. The Morgan fingerprint density at radius 2 is 1.86 bits per heavy atom. The van der Waals surface area contributed by atoms with Gasteiger partial charge < -0.3 is 14.2 Å². The van der Waals surface area contributed by atoms with Crippen LogP contribution in [0.2, 0.25) is 0 Å². The number of sulfonamides is 1. The van der Waals surface area contributed by atoms with E-state index in [1.54, 1.807) is 6.92 Å². The third-order valence-corrected chi connectivity index (χ3v) is 6.63. The van der Waals surface area contributed by atoms with E-state index in [-0.39, 0.29) is 49.9 Å². The van der Waals surface area contributed by atoms with Crippen LogP contribution in [-0.4, -0.2) is 63.7 Å². The average molecular weight is 428 g/mol. The van der Waals surface area contributed by atoms with Gasteiger partial charge in [-0.2, -0.15) is 4.31 Å². The van der Waals surface area contributed by atoms with Crippen molar-refractivity contribution in [1.82, 2.24) is 4.31 Å². The number of esters is 1. The lowest BCUT2D eigenvalue weighted by atomic mass is 9.86. The van der Waals surface area contributed by atoms with Crippen LogP contribution in [0.5, 0.6) is 0 Å². The van der Waals surface area contributed by atoms with Crippen molar-refractivity contribution in [1.29, 1.82) is 0 Å². The maximum absolute atomic E-state index is 12.9. The zero-order valence-electron chi connectivity index (χ0n) is 16.3. The van der Waals surface area contributed by atoms with E-state index in [1.807, 2.05) is 0 Å². The van der Waals surface area contributed by atoms with Crippen LogP contribution in [0.15, 0.2) is 34.3 Å². The molecule has 1 saturated heterocycles. The standard InChI is InChI=1S/C18H24N2O8S/c1-3-27-17(22)12-16(21)18(28-13-26-2)8-10-20(11-9-18)29(24,25)15-7-5-4-6-14(15)19-23/h4-7H,3,8-13H2,1-2H3. The Morgan fingerprint density at radius 1 is 1.21 bits per heavy atom. The number of ketones is 1. The van der Waals surface area contributed by atoms with Crippen molar-refractivity contribution >= 4 is 27.5 Å². The number of hydrogen-bond acceptors (Lipinski definition) is 9. The number of hydrogen-bond donors (Lipinski definition) is 0. The second-order valence-corrected chi connectivity index (χ2v) is 8.32. The van der Waals surface area contributed by atoms with Crippen molar-refractivity contribution in [3.63, 3.8) is 0 Å². The number of ether oxygens (including phenoxy) is 3. The summed E-state index contributed by atoms with van der Waals surface area (Å²) in [4.78, 5) is 35.2. The molecule has 0 aliphatic carbocycles. The highest BCUT2D eigenvalue weighted by Gasteiger charge is 2.45. The summed E-state index contributed by atoms with van der Waals surface area (Å²) >= 11 is 0. The molecular formula is C18H24N2O8S. The van der Waals surface area contributed by atoms with E-state index < -0.39 is 33.8 Å². The molecule has 0 radical (unpaired) electrons. The van der Waals surface area contributed by atoms with Crippen molar-refractivity contribution < 1.29 is 32.2 Å². The van der Waals surface area contributed by atoms with Gasteiger partial charge in [-0.25, -0.2) is 8.42 Å². The largest absolute Gasteiger partial charge is 0.466 e. The molecule has 0 N–H and O–H groups in total. The summed E-state index contributed by atoms with van der Waals surface area (Å²) < 4.78 is 42.3. The normalized spacial score (nSPS) is 16.9. The van der Waals surface area contributed by atoms with Gasteiger partial charge in [-0.05, 0) is 37.1 Å². The Hall–Kier alpha value is -2.21. The molecule has 1 aromatic carbocycles. The van der Waals surface area contributed by atoms with Gasteiger partial charge in [-0.15, -0.1) is 4.91 Å². The zero-order valence-corrected chi connectivity index (χ0v) is 17.1. The molecule has 11 heteroatoms. The molecule has 0 aromatic heterocycles. The highest BCUT2D eigenvalue weighted by molar-refractivity contribution is 7.89. The molecule has 1 aliphatic rings. The first-order valence-electron chi connectivity index (χ1n) is 9.05. The minimum absolute atomic E-state index is 0.0323. The van der Waals surface area contributed by atoms with Crippen LogP contribution in [-0.2, 0) is 33.8 Å². The molecule has 0 saturated carbocycles. The minimum atomic E-state index is -3.98. The molecule has 1 aromatic rings. The molecule has 10 nitrogen and oxygen atoms in total. The third-order valence-electron chi connectivity index (χ3n) is 4.68. The molecule has 1 fully saturated rings. The van der Waals surface area contributed by atoms with E-state index in [2.05, 4.69) is 5.18 Å². The van der Waals surface area contributed by atoms with Crippen molar-refractivity contribution in [3.8, 4) is 0 Å². The molecule has 0 bridgehead atoms. The summed E-state index contributed by atoms with van der Waals surface area (Å²) in [5, 5.41) is 2.78. The summed E-state index contributed by atoms with van der Waals surface area (Å²) in [6.45, 7) is 1.53. The first kappa shape index (κ1) is 23.1. The summed E-state index contributed by atoms with van der Waals surface area (Å²) in [6.07, 6.45) is -0.406. The van der Waals surface area contributed by atoms with Crippen LogP contribution in [0.3, 0.4) is 0 Å². The van der Waals surface area contributed by atoms with Gasteiger partial charge in [0.15, 0.2) is 5.78 Å². The predicted molar refractivity (Wildman–Crippen MR) is 102 cm³/mol. The maximum atomic E-state index is 12.9. The number of methoxy groups -OCH3 is 1. The van der Waals surface area contributed by atoms with Gasteiger partial charge in [0.2, 0.25) is 10.0 Å². The van der Waals surface area contributed by atoms with Crippen molar-refractivity contribution in [2.45, 2.75) is 36.7 Å². The van der Waals surface area contributed by atoms with E-state index in [0.717, 1.165) is 0 Å². The first-order chi connectivity index (χ1) is 13.8. The van der Waals surface area contributed by atoms with Gasteiger partial charge in [-0.3, -0.25) is 9.59 Å². The van der Waals surface area contributed by atoms with Crippen molar-refractivity contribution in [2.75, 3.05) is 33.6 Å². The van der Waals surface area contributed by atoms with Crippen LogP contribution in [0.4, 0.5) is 5.69 Å². The van der Waals surface area contributed by atoms with Crippen molar-refractivity contribution in [3.05, 3.63) is 29.2 Å². The highest BCUT2D eigenvalue weighted by atomic mass is 32.2. The van der Waals surface area contributed by atoms with Crippen LogP contribution in [0.1, 0.15) is 26.2 Å². The zero-order chi connectivity index (χ0) is 21.5. The Labute approximate surface area is 169 Å². The number of Topliss-reactive ketones (excluding diaryl/α,β-unsaturated/α-hetero) is 1. The van der Waals surface area contributed by atoms with Crippen LogP contribution in [0.25, 0.3) is 0 Å². The fourth-order valence-electron chi connectivity index (χ4n) is 3.16. The lowest BCUT2D eigenvalue weighted by molar-refractivity contribution is -0.173. The number of nitrogens with zero attached hydrogens (tertiary/aromatic N) is 2. The fraction of sp³-hybridized carbons (Fsp3) is 0.556. The summed E-state index contributed by atoms with van der Waals surface area (Å²) in [7, 11) is -2.59. The SMILES string of the molecule is CCOC(=O)CC(=O)C1(OCOC)CCN(S(=O)(=O)c2ccccc2N=O)CC1. The molecule has 1 aliphatic heterocycles. The topological polar surface area (TPSA) is 129 Å². The van der Waals surface area contributed by atoms with Gasteiger partial charge in [0.25, 0.3) is 0 Å². The molecule has 2 rings (SSSR count). The number of piperidine rings is 1. The third kappa shape index (κ3) is 5.24. The highest BCUT2D eigenvalue weighted by Crippen LogP contribution is 2.34. The van der Waals surface area contributed by atoms with E-state index in [0.29, 0.717) is 0 Å². The van der Waals surface area contributed by atoms with Crippen LogP contribution < -0.4 is 0 Å². The van der Waals surface area contributed by atoms with Gasteiger partial charge >= 0.3 is 5.97 Å². The lowest BCUT2D eigenvalue weighted by Crippen LogP contribution is -2.53. The molecule has 0 amide bonds. The average Bonchev–Trinajstić information content (AvgIpc) is 2.72. The number of rotatable bonds is 10. The van der Waals surface area contributed by atoms with Gasteiger partial charge in [0, 0.05) is 20.2 Å². The van der Waals surface area contributed by atoms with Crippen LogP contribution >= 0.6 is 0 Å². The molecule has 160 valence electrons. The lowest BCUT2D eigenvalue weighted by Gasteiger charge is -2.39. The number of nitroso groups, excluding NO2 is 1. The monoisotopic (exact) mass is 428 g/mol. The number of carbonyl (C=O) groups is 2. The molecule has 0 unspecified atom stereocenters. The first-order valence-corrected chi connectivity index (χ1v) is 10.5. The maximum Gasteiger partial charge on any atom is 0.313 e. The van der Waals surface area contributed by atoms with E-state index in [4.69, 9.17) is 14.2 Å². The second kappa shape index (κ2) is 10.0. The Morgan fingerprint density at radius 3 is 2.45 bits per heavy atom. The Kier molecular flexibility index (Phi) is 7.96. The van der Waals surface area contributed by atoms with Gasteiger partial charge in [0.05, 0.1) is 6.61 Å². The smallest absolute Gasteiger partial charge is 0.313 e. The molecule has 0 atom stereocenters. The van der Waals surface area contributed by atoms with E-state index >= 15 is 0 Å². The fourth-order valence-corrected chi connectivity index (χ4v) is 4.72. The van der Waals surface area contributed by atoms with E-state index in [1.165, 1.54) is 35.7 Å². The number of benzene rings is 1. The Bertz CT molecular complexity index is 847. The van der Waals surface area contributed by atoms with E-state index in [9.17, 15) is 22.9 Å². The van der Waals surface area contributed by atoms with Crippen molar-refractivity contribution in [2.24, 2.45) is 5.18 Å².